The number of para-hydroxylation sites is 1. The number of H-pyrrole nitrogens is 1. The van der Waals surface area contributed by atoms with E-state index in [-0.39, 0.29) is 22.9 Å². The molecule has 2 aromatic carbocycles. The Morgan fingerprint density at radius 1 is 1.10 bits per heavy atom. The molecule has 5 heteroatoms. The van der Waals surface area contributed by atoms with Gasteiger partial charge in [0.15, 0.2) is 0 Å². The number of aromatic amines is 1. The standard InChI is InChI=1S/C16H12F2N2O/c1-19-16(21)15-13(9-5-7-10(17)8-6-9)11-3-2-4-12(18)14(11)20-15/h2-8,20H,1H3,(H,19,21). The van der Waals surface area contributed by atoms with Crippen molar-refractivity contribution in [2.75, 3.05) is 7.05 Å². The maximum atomic E-state index is 13.9. The van der Waals surface area contributed by atoms with Gasteiger partial charge in [0.2, 0.25) is 0 Å². The van der Waals surface area contributed by atoms with Gasteiger partial charge in [0.25, 0.3) is 5.91 Å². The lowest BCUT2D eigenvalue weighted by molar-refractivity contribution is 0.0959. The van der Waals surface area contributed by atoms with Gasteiger partial charge in [-0.05, 0) is 23.8 Å². The molecule has 0 aliphatic rings. The normalized spacial score (nSPS) is 10.8. The van der Waals surface area contributed by atoms with Gasteiger partial charge in [-0.3, -0.25) is 4.79 Å². The lowest BCUT2D eigenvalue weighted by Gasteiger charge is -2.04. The Kier molecular flexibility index (Phi) is 3.17. The largest absolute Gasteiger partial charge is 0.354 e. The van der Waals surface area contributed by atoms with Gasteiger partial charge in [0.05, 0.1) is 5.52 Å². The van der Waals surface area contributed by atoms with E-state index in [1.54, 1.807) is 24.3 Å². The molecule has 0 aliphatic carbocycles. The molecule has 106 valence electrons. The Labute approximate surface area is 119 Å². The number of fused-ring (bicyclic) bond motifs is 1. The summed E-state index contributed by atoms with van der Waals surface area (Å²) < 4.78 is 27.0. The molecule has 0 saturated carbocycles. The number of hydrogen-bond donors (Lipinski definition) is 2. The number of nitrogens with one attached hydrogen (secondary N) is 2. The summed E-state index contributed by atoms with van der Waals surface area (Å²) in [7, 11) is 1.50. The van der Waals surface area contributed by atoms with Crippen LogP contribution in [0.5, 0.6) is 0 Å². The fourth-order valence-electron chi connectivity index (χ4n) is 2.39. The van der Waals surface area contributed by atoms with Crippen LogP contribution in [0.1, 0.15) is 10.5 Å². The van der Waals surface area contributed by atoms with Crippen molar-refractivity contribution in [1.29, 1.82) is 0 Å². The molecule has 2 N–H and O–H groups in total. The van der Waals surface area contributed by atoms with E-state index in [4.69, 9.17) is 0 Å². The van der Waals surface area contributed by atoms with Crippen molar-refractivity contribution in [2.45, 2.75) is 0 Å². The molecule has 1 heterocycles. The first-order valence-corrected chi connectivity index (χ1v) is 6.40. The molecule has 1 aromatic heterocycles. The highest BCUT2D eigenvalue weighted by molar-refractivity contribution is 6.09. The molecular formula is C16H12F2N2O. The number of aromatic nitrogens is 1. The number of carbonyl (C=O) groups excluding carboxylic acids is 1. The first kappa shape index (κ1) is 13.3. The first-order chi connectivity index (χ1) is 10.1. The second-order valence-electron chi connectivity index (χ2n) is 4.62. The van der Waals surface area contributed by atoms with E-state index in [1.807, 2.05) is 0 Å². The van der Waals surface area contributed by atoms with Crippen LogP contribution in [0.25, 0.3) is 22.0 Å². The zero-order valence-electron chi connectivity index (χ0n) is 11.2. The Balaban J connectivity index is 2.35. The van der Waals surface area contributed by atoms with Gasteiger partial charge in [0, 0.05) is 18.0 Å². The number of rotatable bonds is 2. The van der Waals surface area contributed by atoms with Crippen LogP contribution in [0.3, 0.4) is 0 Å². The van der Waals surface area contributed by atoms with Gasteiger partial charge in [-0.25, -0.2) is 8.78 Å². The predicted molar refractivity (Wildman–Crippen MR) is 77.0 cm³/mol. The van der Waals surface area contributed by atoms with E-state index in [9.17, 15) is 13.6 Å². The average molecular weight is 286 g/mol. The molecule has 3 rings (SSSR count). The van der Waals surface area contributed by atoms with Gasteiger partial charge in [-0.15, -0.1) is 0 Å². The van der Waals surface area contributed by atoms with Crippen molar-refractivity contribution < 1.29 is 13.6 Å². The van der Waals surface area contributed by atoms with E-state index >= 15 is 0 Å². The molecule has 0 saturated heterocycles. The van der Waals surface area contributed by atoms with Crippen LogP contribution in [-0.4, -0.2) is 17.9 Å². The summed E-state index contributed by atoms with van der Waals surface area (Å²) >= 11 is 0. The highest BCUT2D eigenvalue weighted by Crippen LogP contribution is 2.33. The molecule has 21 heavy (non-hydrogen) atoms. The van der Waals surface area contributed by atoms with Crippen LogP contribution >= 0.6 is 0 Å². The summed E-state index contributed by atoms with van der Waals surface area (Å²) in [6.45, 7) is 0. The van der Waals surface area contributed by atoms with Crippen LogP contribution in [-0.2, 0) is 0 Å². The number of amides is 1. The van der Waals surface area contributed by atoms with E-state index in [0.29, 0.717) is 16.5 Å². The minimum absolute atomic E-state index is 0.254. The summed E-state index contributed by atoms with van der Waals surface area (Å²) in [4.78, 5) is 14.8. The van der Waals surface area contributed by atoms with Crippen molar-refractivity contribution in [3.8, 4) is 11.1 Å². The van der Waals surface area contributed by atoms with Crippen molar-refractivity contribution in [2.24, 2.45) is 0 Å². The lowest BCUT2D eigenvalue weighted by atomic mass is 10.0. The minimum atomic E-state index is -0.439. The Morgan fingerprint density at radius 2 is 1.81 bits per heavy atom. The predicted octanol–water partition coefficient (Wildman–Crippen LogP) is 3.47. The van der Waals surface area contributed by atoms with Crippen LogP contribution in [0.15, 0.2) is 42.5 Å². The monoisotopic (exact) mass is 286 g/mol. The second-order valence-corrected chi connectivity index (χ2v) is 4.62. The van der Waals surface area contributed by atoms with E-state index in [0.717, 1.165) is 0 Å². The molecule has 0 aliphatic heterocycles. The SMILES string of the molecule is CNC(=O)c1[nH]c2c(F)cccc2c1-c1ccc(F)cc1. The maximum Gasteiger partial charge on any atom is 0.268 e. The van der Waals surface area contributed by atoms with Crippen LogP contribution < -0.4 is 5.32 Å². The van der Waals surface area contributed by atoms with Gasteiger partial charge in [0.1, 0.15) is 17.3 Å². The molecule has 0 spiro atoms. The maximum absolute atomic E-state index is 13.9. The molecule has 3 aromatic rings. The number of benzene rings is 2. The van der Waals surface area contributed by atoms with Crippen LogP contribution in [0, 0.1) is 11.6 Å². The quantitative estimate of drug-likeness (QED) is 0.744. The summed E-state index contributed by atoms with van der Waals surface area (Å²) in [5.41, 5.74) is 1.72. The topological polar surface area (TPSA) is 44.9 Å². The third kappa shape index (κ3) is 2.16. The van der Waals surface area contributed by atoms with Crippen LogP contribution in [0.4, 0.5) is 8.78 Å². The third-order valence-electron chi connectivity index (χ3n) is 3.37. The van der Waals surface area contributed by atoms with Gasteiger partial charge < -0.3 is 10.3 Å². The Bertz CT molecular complexity index is 822. The third-order valence-corrected chi connectivity index (χ3v) is 3.37. The number of halogens is 2. The molecule has 0 fully saturated rings. The fraction of sp³-hybridized carbons (Fsp3) is 0.0625. The summed E-state index contributed by atoms with van der Waals surface area (Å²) in [6, 6.07) is 10.4. The molecule has 3 nitrogen and oxygen atoms in total. The number of carbonyl (C=O) groups is 1. The van der Waals surface area contributed by atoms with Gasteiger partial charge in [-0.1, -0.05) is 24.3 Å². The summed E-state index contributed by atoms with van der Waals surface area (Å²) in [6.07, 6.45) is 0. The lowest BCUT2D eigenvalue weighted by Crippen LogP contribution is -2.18. The van der Waals surface area contributed by atoms with E-state index < -0.39 is 5.82 Å². The number of hydrogen-bond acceptors (Lipinski definition) is 1. The second kappa shape index (κ2) is 5.01. The van der Waals surface area contributed by atoms with Gasteiger partial charge in [-0.2, -0.15) is 0 Å². The van der Waals surface area contributed by atoms with Crippen molar-refractivity contribution in [3.05, 3.63) is 59.8 Å². The molecular weight excluding hydrogens is 274 g/mol. The smallest absolute Gasteiger partial charge is 0.268 e. The Hall–Kier alpha value is -2.69. The summed E-state index contributed by atoms with van der Waals surface area (Å²) in [5, 5.41) is 3.10. The first-order valence-electron chi connectivity index (χ1n) is 6.40. The molecule has 0 bridgehead atoms. The average Bonchev–Trinajstić information content (AvgIpc) is 2.88. The van der Waals surface area contributed by atoms with Crippen molar-refractivity contribution in [1.82, 2.24) is 10.3 Å². The Morgan fingerprint density at radius 3 is 2.48 bits per heavy atom. The fourth-order valence-corrected chi connectivity index (χ4v) is 2.39. The zero-order valence-corrected chi connectivity index (χ0v) is 11.2. The molecule has 0 unspecified atom stereocenters. The highest BCUT2D eigenvalue weighted by atomic mass is 19.1. The zero-order chi connectivity index (χ0) is 15.0. The van der Waals surface area contributed by atoms with Gasteiger partial charge >= 0.3 is 0 Å². The van der Waals surface area contributed by atoms with Crippen molar-refractivity contribution in [3.63, 3.8) is 0 Å². The summed E-state index contributed by atoms with van der Waals surface area (Å²) in [5.74, 6) is -1.16. The van der Waals surface area contributed by atoms with E-state index in [1.165, 1.54) is 25.2 Å². The van der Waals surface area contributed by atoms with E-state index in [2.05, 4.69) is 10.3 Å². The molecule has 1 amide bonds. The van der Waals surface area contributed by atoms with Crippen molar-refractivity contribution >= 4 is 16.8 Å². The minimum Gasteiger partial charge on any atom is -0.354 e. The molecule has 0 atom stereocenters. The van der Waals surface area contributed by atoms with Crippen LogP contribution in [0.2, 0.25) is 0 Å². The molecule has 0 radical (unpaired) electrons. The highest BCUT2D eigenvalue weighted by Gasteiger charge is 2.19.